The molecule has 3 nitrogen and oxygen atoms in total. The minimum atomic E-state index is -5.93. The lowest BCUT2D eigenvalue weighted by atomic mass is 9.92. The molecule has 2 aromatic carbocycles. The first-order valence-electron chi connectivity index (χ1n) is 6.95. The lowest BCUT2D eigenvalue weighted by Gasteiger charge is -2.32. The predicted octanol–water partition coefficient (Wildman–Crippen LogP) is 4.54. The molecule has 132 valence electrons. The van der Waals surface area contributed by atoms with Crippen molar-refractivity contribution in [3.8, 4) is 11.4 Å². The van der Waals surface area contributed by atoms with Gasteiger partial charge in [0.15, 0.2) is 0 Å². The van der Waals surface area contributed by atoms with E-state index in [1.54, 1.807) is 30.3 Å². The van der Waals surface area contributed by atoms with Gasteiger partial charge < -0.3 is 10.1 Å². The van der Waals surface area contributed by atoms with Crippen molar-refractivity contribution < 1.29 is 31.4 Å². The van der Waals surface area contributed by atoms with Crippen LogP contribution in [0.2, 0.25) is 0 Å². The normalized spacial score (nSPS) is 13.4. The molecule has 3 aromatic rings. The molecule has 0 saturated heterocycles. The molecule has 0 saturated carbocycles. The van der Waals surface area contributed by atoms with Gasteiger partial charge in [-0.2, -0.15) is 26.3 Å². The van der Waals surface area contributed by atoms with Crippen molar-refractivity contribution in [1.82, 2.24) is 9.97 Å². The summed E-state index contributed by atoms with van der Waals surface area (Å²) in [5.41, 5.74) is -5.56. The quantitative estimate of drug-likeness (QED) is 0.659. The molecule has 0 fully saturated rings. The molecule has 0 aliphatic rings. The van der Waals surface area contributed by atoms with Crippen LogP contribution in [0.3, 0.4) is 0 Å². The summed E-state index contributed by atoms with van der Waals surface area (Å²) in [5.74, 6) is 0.287. The van der Waals surface area contributed by atoms with Crippen LogP contribution in [0, 0.1) is 0 Å². The van der Waals surface area contributed by atoms with Crippen molar-refractivity contribution in [2.45, 2.75) is 18.0 Å². The molecule has 2 N–H and O–H groups in total. The van der Waals surface area contributed by atoms with Gasteiger partial charge in [-0.15, -0.1) is 0 Å². The minimum absolute atomic E-state index is 0.0525. The monoisotopic (exact) mass is 360 g/mol. The predicted molar refractivity (Wildman–Crippen MR) is 77.5 cm³/mol. The van der Waals surface area contributed by atoms with Gasteiger partial charge in [0.2, 0.25) is 0 Å². The van der Waals surface area contributed by atoms with Gasteiger partial charge in [-0.3, -0.25) is 0 Å². The number of benzene rings is 2. The standard InChI is InChI=1S/C16H10F6N2O/c17-15(18,19)14(25,16(20,21)22)10-6-7-11-12(8-10)24-13(23-11)9-4-2-1-3-5-9/h1-8,25H,(H,23,24). The number of aliphatic hydroxyl groups is 1. The highest BCUT2D eigenvalue weighted by atomic mass is 19.4. The average molecular weight is 360 g/mol. The Morgan fingerprint density at radius 1 is 0.840 bits per heavy atom. The Balaban J connectivity index is 2.15. The number of fused-ring (bicyclic) bond motifs is 1. The Morgan fingerprint density at radius 3 is 2.00 bits per heavy atom. The first-order chi connectivity index (χ1) is 11.5. The molecule has 25 heavy (non-hydrogen) atoms. The highest BCUT2D eigenvalue weighted by Crippen LogP contribution is 2.50. The van der Waals surface area contributed by atoms with Crippen LogP contribution in [0.5, 0.6) is 0 Å². The molecule has 0 amide bonds. The fourth-order valence-electron chi connectivity index (χ4n) is 2.46. The molecule has 9 heteroatoms. The van der Waals surface area contributed by atoms with E-state index in [0.717, 1.165) is 6.07 Å². The molecule has 0 aliphatic heterocycles. The Hall–Kier alpha value is -2.55. The van der Waals surface area contributed by atoms with E-state index in [1.807, 2.05) is 0 Å². The van der Waals surface area contributed by atoms with Gasteiger partial charge in [-0.25, -0.2) is 4.98 Å². The molecule has 0 radical (unpaired) electrons. The molecule has 0 aliphatic carbocycles. The fraction of sp³-hybridized carbons (Fsp3) is 0.188. The number of hydrogen-bond acceptors (Lipinski definition) is 2. The van der Waals surface area contributed by atoms with Crippen LogP contribution in [0.4, 0.5) is 26.3 Å². The van der Waals surface area contributed by atoms with E-state index in [4.69, 9.17) is 0 Å². The van der Waals surface area contributed by atoms with Gasteiger partial charge in [-0.1, -0.05) is 36.4 Å². The SMILES string of the molecule is OC(c1ccc2nc(-c3ccccc3)[nH]c2c1)(C(F)(F)F)C(F)(F)F. The number of imidazole rings is 1. The van der Waals surface area contributed by atoms with Crippen LogP contribution in [0.15, 0.2) is 48.5 Å². The van der Waals surface area contributed by atoms with Gasteiger partial charge in [0, 0.05) is 11.1 Å². The zero-order chi connectivity index (χ0) is 18.5. The second-order valence-electron chi connectivity index (χ2n) is 5.39. The second-order valence-corrected chi connectivity index (χ2v) is 5.39. The summed E-state index contributed by atoms with van der Waals surface area (Å²) in [6, 6.07) is 10.7. The summed E-state index contributed by atoms with van der Waals surface area (Å²) in [7, 11) is 0. The molecule has 0 spiro atoms. The Morgan fingerprint density at radius 2 is 1.44 bits per heavy atom. The maximum Gasteiger partial charge on any atom is 0.430 e. The van der Waals surface area contributed by atoms with Gasteiger partial charge in [-0.05, 0) is 12.1 Å². The molecule has 1 heterocycles. The number of aromatic amines is 1. The molecular formula is C16H10F6N2O. The summed E-state index contributed by atoms with van der Waals surface area (Å²) in [4.78, 5) is 6.80. The van der Waals surface area contributed by atoms with Crippen LogP contribution in [0.25, 0.3) is 22.4 Å². The van der Waals surface area contributed by atoms with E-state index in [9.17, 15) is 31.4 Å². The average Bonchev–Trinajstić information content (AvgIpc) is 2.96. The van der Waals surface area contributed by atoms with Crippen LogP contribution in [0.1, 0.15) is 5.56 Å². The van der Waals surface area contributed by atoms with E-state index >= 15 is 0 Å². The molecule has 0 bridgehead atoms. The van der Waals surface area contributed by atoms with Crippen molar-refractivity contribution in [3.63, 3.8) is 0 Å². The van der Waals surface area contributed by atoms with Crippen LogP contribution in [-0.4, -0.2) is 27.4 Å². The topological polar surface area (TPSA) is 48.9 Å². The molecular weight excluding hydrogens is 350 g/mol. The van der Waals surface area contributed by atoms with Gasteiger partial charge >= 0.3 is 12.4 Å². The van der Waals surface area contributed by atoms with E-state index in [0.29, 0.717) is 17.7 Å². The van der Waals surface area contributed by atoms with Crippen LogP contribution < -0.4 is 0 Å². The third kappa shape index (κ3) is 2.74. The van der Waals surface area contributed by atoms with E-state index in [2.05, 4.69) is 9.97 Å². The molecule has 1 aromatic heterocycles. The maximum atomic E-state index is 13.0. The zero-order valence-electron chi connectivity index (χ0n) is 12.3. The van der Waals surface area contributed by atoms with Crippen molar-refractivity contribution >= 4 is 11.0 Å². The summed E-state index contributed by atoms with van der Waals surface area (Å²) in [6.07, 6.45) is -11.9. The molecule has 0 unspecified atom stereocenters. The van der Waals surface area contributed by atoms with Gasteiger partial charge in [0.05, 0.1) is 11.0 Å². The smallest absolute Gasteiger partial charge is 0.369 e. The highest BCUT2D eigenvalue weighted by Gasteiger charge is 2.71. The summed E-state index contributed by atoms with van der Waals surface area (Å²) in [6.45, 7) is 0. The number of halogens is 6. The molecule has 0 atom stereocenters. The third-order valence-electron chi connectivity index (χ3n) is 3.77. The van der Waals surface area contributed by atoms with Crippen molar-refractivity contribution in [1.29, 1.82) is 0 Å². The first kappa shape index (κ1) is 17.3. The summed E-state index contributed by atoms with van der Waals surface area (Å²) >= 11 is 0. The first-order valence-corrected chi connectivity index (χ1v) is 6.95. The second kappa shape index (κ2) is 5.48. The fourth-order valence-corrected chi connectivity index (χ4v) is 2.46. The largest absolute Gasteiger partial charge is 0.430 e. The number of alkyl halides is 6. The third-order valence-corrected chi connectivity index (χ3v) is 3.77. The highest BCUT2D eigenvalue weighted by molar-refractivity contribution is 5.80. The Labute approximate surface area is 136 Å². The van der Waals surface area contributed by atoms with Gasteiger partial charge in [0.1, 0.15) is 5.82 Å². The van der Waals surface area contributed by atoms with E-state index in [1.165, 1.54) is 0 Å². The van der Waals surface area contributed by atoms with Crippen LogP contribution >= 0.6 is 0 Å². The Kier molecular flexibility index (Phi) is 3.79. The maximum absolute atomic E-state index is 13.0. The summed E-state index contributed by atoms with van der Waals surface area (Å²) < 4.78 is 77.8. The number of nitrogens with one attached hydrogen (secondary N) is 1. The number of rotatable bonds is 2. The van der Waals surface area contributed by atoms with Crippen molar-refractivity contribution in [2.75, 3.05) is 0 Å². The van der Waals surface area contributed by atoms with Crippen molar-refractivity contribution in [3.05, 3.63) is 54.1 Å². The minimum Gasteiger partial charge on any atom is -0.369 e. The zero-order valence-corrected chi connectivity index (χ0v) is 12.3. The van der Waals surface area contributed by atoms with E-state index < -0.39 is 23.5 Å². The number of aromatic nitrogens is 2. The molecule has 3 rings (SSSR count). The summed E-state index contributed by atoms with van der Waals surface area (Å²) in [5, 5.41) is 9.45. The Bertz CT molecular complexity index is 884. The number of hydrogen-bond donors (Lipinski definition) is 2. The number of H-pyrrole nitrogens is 1. The van der Waals surface area contributed by atoms with Gasteiger partial charge in [0.25, 0.3) is 5.60 Å². The number of nitrogens with zero attached hydrogens (tertiary/aromatic N) is 1. The van der Waals surface area contributed by atoms with Crippen molar-refractivity contribution in [2.24, 2.45) is 0 Å². The lowest BCUT2D eigenvalue weighted by molar-refractivity contribution is -0.376. The van der Waals surface area contributed by atoms with Crippen LogP contribution in [-0.2, 0) is 5.60 Å². The lowest BCUT2D eigenvalue weighted by Crippen LogP contribution is -2.53. The van der Waals surface area contributed by atoms with E-state index in [-0.39, 0.29) is 16.9 Å².